The Bertz CT molecular complexity index is 1290. The molecule has 41 heavy (non-hydrogen) atoms. The van der Waals surface area contributed by atoms with Gasteiger partial charge in [-0.3, -0.25) is 4.68 Å². The first-order valence-electron chi connectivity index (χ1n) is 14.2. The summed E-state index contributed by atoms with van der Waals surface area (Å²) in [7, 11) is 1.16. The summed E-state index contributed by atoms with van der Waals surface area (Å²) in [4.78, 5) is 11.0. The van der Waals surface area contributed by atoms with Crippen LogP contribution in [0.3, 0.4) is 0 Å². The largest absolute Gasteiger partial charge is 0.496 e. The smallest absolute Gasteiger partial charge is 0.328 e. The molecule has 2 aromatic carbocycles. The van der Waals surface area contributed by atoms with Gasteiger partial charge in [0.2, 0.25) is 0 Å². The van der Waals surface area contributed by atoms with Crippen molar-refractivity contribution in [1.82, 2.24) is 9.78 Å². The Labute approximate surface area is 246 Å². The fraction of sp³-hybridized carbons (Fsp3) is 0.455. The lowest BCUT2D eigenvalue weighted by atomic mass is 9.89. The van der Waals surface area contributed by atoms with E-state index in [0.29, 0.717) is 6.54 Å². The number of carboxylic acids is 1. The fourth-order valence-electron chi connectivity index (χ4n) is 4.73. The van der Waals surface area contributed by atoms with Crippen molar-refractivity contribution in [3.8, 4) is 11.5 Å². The Morgan fingerprint density at radius 1 is 1.10 bits per heavy atom. The number of hydrogen-bond donors (Lipinski definition) is 1. The van der Waals surface area contributed by atoms with Gasteiger partial charge in [-0.1, -0.05) is 51.1 Å². The second-order valence-corrected chi connectivity index (χ2v) is 16.9. The van der Waals surface area contributed by atoms with E-state index in [1.54, 1.807) is 26.5 Å². The van der Waals surface area contributed by atoms with Crippen LogP contribution in [0.15, 0.2) is 60.9 Å². The molecule has 8 heteroatoms. The third-order valence-electron chi connectivity index (χ3n) is 8.14. The van der Waals surface area contributed by atoms with Gasteiger partial charge >= 0.3 is 5.97 Å². The molecule has 7 nitrogen and oxygen atoms in total. The molecule has 0 unspecified atom stereocenters. The lowest BCUT2D eigenvalue weighted by molar-refractivity contribution is -0.131. The predicted octanol–water partition coefficient (Wildman–Crippen LogP) is 7.71. The van der Waals surface area contributed by atoms with Crippen LogP contribution in [0, 0.1) is 12.8 Å². The highest BCUT2D eigenvalue weighted by atomic mass is 28.4. The molecule has 222 valence electrons. The van der Waals surface area contributed by atoms with Crippen LogP contribution in [-0.2, 0) is 22.2 Å². The number of benzene rings is 2. The van der Waals surface area contributed by atoms with Crippen LogP contribution in [0.1, 0.15) is 62.0 Å². The maximum atomic E-state index is 11.0. The highest BCUT2D eigenvalue weighted by molar-refractivity contribution is 6.74. The normalized spacial score (nSPS) is 13.8. The summed E-state index contributed by atoms with van der Waals surface area (Å²) in [5, 5.41) is 13.6. The molecule has 0 radical (unpaired) electrons. The van der Waals surface area contributed by atoms with Gasteiger partial charge in [-0.15, -0.1) is 0 Å². The van der Waals surface area contributed by atoms with E-state index in [4.69, 9.17) is 19.0 Å². The predicted molar refractivity (Wildman–Crippen MR) is 167 cm³/mol. The third kappa shape index (κ3) is 8.81. The zero-order valence-electron chi connectivity index (χ0n) is 25.8. The number of aromatic nitrogens is 2. The molecule has 2 atom stereocenters. The number of ether oxygens (including phenoxy) is 2. The van der Waals surface area contributed by atoms with Crippen molar-refractivity contribution in [2.75, 3.05) is 14.2 Å². The van der Waals surface area contributed by atoms with Gasteiger partial charge in [0, 0.05) is 35.9 Å². The van der Waals surface area contributed by atoms with Gasteiger partial charge in [-0.25, -0.2) is 4.79 Å². The van der Waals surface area contributed by atoms with E-state index in [9.17, 15) is 4.79 Å². The zero-order valence-corrected chi connectivity index (χ0v) is 26.8. The van der Waals surface area contributed by atoms with Crippen LogP contribution in [0.2, 0.25) is 18.1 Å². The minimum absolute atomic E-state index is 0.0131. The van der Waals surface area contributed by atoms with Gasteiger partial charge < -0.3 is 19.0 Å². The number of methoxy groups -OCH3 is 2. The van der Waals surface area contributed by atoms with Gasteiger partial charge in [-0.05, 0) is 73.7 Å². The van der Waals surface area contributed by atoms with Crippen LogP contribution >= 0.6 is 0 Å². The van der Waals surface area contributed by atoms with Gasteiger partial charge in [0.1, 0.15) is 11.5 Å². The van der Waals surface area contributed by atoms with Crippen molar-refractivity contribution >= 4 is 20.4 Å². The van der Waals surface area contributed by atoms with E-state index in [2.05, 4.69) is 75.4 Å². The first kappa shape index (κ1) is 32.2. The van der Waals surface area contributed by atoms with Gasteiger partial charge in [0.15, 0.2) is 8.32 Å². The first-order chi connectivity index (χ1) is 19.3. The average Bonchev–Trinajstić information content (AvgIpc) is 3.37. The fourth-order valence-corrected chi connectivity index (χ4v) is 6.04. The van der Waals surface area contributed by atoms with Crippen molar-refractivity contribution < 1.29 is 23.8 Å². The van der Waals surface area contributed by atoms with Crippen LogP contribution in [0.5, 0.6) is 11.5 Å². The highest BCUT2D eigenvalue weighted by Crippen LogP contribution is 2.45. The van der Waals surface area contributed by atoms with Crippen LogP contribution < -0.4 is 9.47 Å². The van der Waals surface area contributed by atoms with Crippen LogP contribution in [-0.4, -0.2) is 43.4 Å². The number of aryl methyl sites for hydroxylation is 1. The molecule has 0 saturated heterocycles. The minimum atomic E-state index is -2.21. The van der Waals surface area contributed by atoms with Crippen LogP contribution in [0.4, 0.5) is 0 Å². The van der Waals surface area contributed by atoms with E-state index in [1.807, 2.05) is 23.9 Å². The monoisotopic (exact) mass is 578 g/mol. The molecular formula is C33H46N2O5Si. The summed E-state index contributed by atoms with van der Waals surface area (Å²) < 4.78 is 20.7. The Hall–Kier alpha value is -3.36. The quantitative estimate of drug-likeness (QED) is 0.156. The molecule has 1 aromatic heterocycles. The lowest BCUT2D eigenvalue weighted by Gasteiger charge is -2.42. The standard InChI is InChI=1S/C33H46N2O5Si/c1-24-29(38-5)19-28(20-30(24)39-6)32(40-41(7,8)33(2,3)4)27(16-12-15-25-13-10-9-11-14-25)23-35-22-26(21-34-35)17-18-31(36)37/h9-11,13-14,17-22,27,32H,12,15-16,23H2,1-8H3,(H,36,37)/t27-,32-/m0/s1. The topological polar surface area (TPSA) is 82.8 Å². The van der Waals surface area contributed by atoms with Crippen molar-refractivity contribution in [3.63, 3.8) is 0 Å². The van der Waals surface area contributed by atoms with E-state index in [-0.39, 0.29) is 17.1 Å². The van der Waals surface area contributed by atoms with Crippen molar-refractivity contribution in [2.45, 2.75) is 77.7 Å². The first-order valence-corrected chi connectivity index (χ1v) is 17.1. The summed E-state index contributed by atoms with van der Waals surface area (Å²) in [6.07, 6.45) is 8.92. The van der Waals surface area contributed by atoms with Crippen molar-refractivity contribution in [2.24, 2.45) is 5.92 Å². The number of hydrogen-bond acceptors (Lipinski definition) is 5. The maximum absolute atomic E-state index is 11.0. The van der Waals surface area contributed by atoms with Gasteiger partial charge in [0.05, 0.1) is 26.5 Å². The molecule has 0 spiro atoms. The third-order valence-corrected chi connectivity index (χ3v) is 12.6. The molecule has 0 amide bonds. The molecule has 0 aliphatic heterocycles. The van der Waals surface area contributed by atoms with E-state index >= 15 is 0 Å². The maximum Gasteiger partial charge on any atom is 0.328 e. The van der Waals surface area contributed by atoms with E-state index in [1.165, 1.54) is 5.56 Å². The summed E-state index contributed by atoms with van der Waals surface area (Å²) >= 11 is 0. The van der Waals surface area contributed by atoms with E-state index in [0.717, 1.165) is 53.5 Å². The molecule has 0 aliphatic rings. The Kier molecular flexibility index (Phi) is 11.0. The molecule has 1 heterocycles. The SMILES string of the molecule is COc1cc([C@@H](O[Si](C)(C)C(C)(C)C)[C@@H](CCCc2ccccc2)Cn2cc(C=CC(=O)O)cn2)cc(OC)c1C. The Morgan fingerprint density at radius 2 is 1.73 bits per heavy atom. The summed E-state index contributed by atoms with van der Waals surface area (Å²) in [5.41, 5.74) is 4.03. The zero-order chi connectivity index (χ0) is 30.2. The summed E-state index contributed by atoms with van der Waals surface area (Å²) in [5.74, 6) is 0.639. The number of rotatable bonds is 14. The number of carbonyl (C=O) groups is 1. The number of aliphatic carboxylic acids is 1. The Morgan fingerprint density at radius 3 is 2.29 bits per heavy atom. The molecule has 0 fully saturated rings. The second-order valence-electron chi connectivity index (χ2n) is 12.2. The summed E-state index contributed by atoms with van der Waals surface area (Å²) in [6.45, 7) is 14.0. The molecular weight excluding hydrogens is 532 g/mol. The molecule has 0 bridgehead atoms. The van der Waals surface area contributed by atoms with Gasteiger partial charge in [-0.2, -0.15) is 5.10 Å². The second kappa shape index (κ2) is 14.0. The number of nitrogens with zero attached hydrogens (tertiary/aromatic N) is 2. The molecule has 0 saturated carbocycles. The van der Waals surface area contributed by atoms with Gasteiger partial charge in [0.25, 0.3) is 0 Å². The van der Waals surface area contributed by atoms with Crippen molar-refractivity contribution in [3.05, 3.63) is 83.2 Å². The molecule has 3 rings (SSSR count). The minimum Gasteiger partial charge on any atom is -0.496 e. The molecule has 3 aromatic rings. The lowest BCUT2D eigenvalue weighted by Crippen LogP contribution is -2.43. The molecule has 1 N–H and O–H groups in total. The summed E-state index contributed by atoms with van der Waals surface area (Å²) in [6, 6.07) is 14.7. The molecule has 0 aliphatic carbocycles. The number of carboxylic acid groups (broad SMARTS) is 1. The highest BCUT2D eigenvalue weighted by Gasteiger charge is 2.41. The average molecular weight is 579 g/mol. The van der Waals surface area contributed by atoms with Crippen LogP contribution in [0.25, 0.3) is 6.08 Å². The van der Waals surface area contributed by atoms with Crippen molar-refractivity contribution in [1.29, 1.82) is 0 Å². The van der Waals surface area contributed by atoms with E-state index < -0.39 is 14.3 Å². The Balaban J connectivity index is 2.06.